The zero-order valence-electron chi connectivity index (χ0n) is 6.87. The highest BCUT2D eigenvalue weighted by atomic mass is 16.3. The molecule has 2 bridgehead atoms. The maximum atomic E-state index is 9.68. The molecule has 0 heterocycles. The summed E-state index contributed by atoms with van der Waals surface area (Å²) in [6, 6.07) is 0. The number of aliphatic hydroxyl groups is 1. The van der Waals surface area contributed by atoms with Crippen LogP contribution in [-0.2, 0) is 0 Å². The maximum Gasteiger partial charge on any atom is 0.0596 e. The summed E-state index contributed by atoms with van der Waals surface area (Å²) in [7, 11) is 0. The molecule has 0 amide bonds. The molecule has 0 aromatic carbocycles. The van der Waals surface area contributed by atoms with Crippen molar-refractivity contribution in [1.29, 1.82) is 0 Å². The van der Waals surface area contributed by atoms with Gasteiger partial charge in [0.25, 0.3) is 0 Å². The Labute approximate surface area is 67.8 Å². The van der Waals surface area contributed by atoms with E-state index < -0.39 is 0 Å². The topological polar surface area (TPSA) is 46.2 Å². The first-order valence-electron chi connectivity index (χ1n) is 4.69. The molecule has 0 radical (unpaired) electrons. The van der Waals surface area contributed by atoms with Crippen LogP contribution in [0.25, 0.3) is 0 Å². The predicted octanol–water partition coefficient (Wildman–Crippen LogP) is 0.742. The fraction of sp³-hybridized carbons (Fsp3) is 1.00. The number of nitrogens with two attached hydrogens (primary N) is 1. The minimum atomic E-state index is 0.0119. The van der Waals surface area contributed by atoms with Gasteiger partial charge in [-0.2, -0.15) is 0 Å². The van der Waals surface area contributed by atoms with Crippen molar-refractivity contribution in [1.82, 2.24) is 0 Å². The summed E-state index contributed by atoms with van der Waals surface area (Å²) in [5, 5.41) is 9.68. The van der Waals surface area contributed by atoms with E-state index in [4.69, 9.17) is 5.73 Å². The highest BCUT2D eigenvalue weighted by Gasteiger charge is 2.40. The van der Waals surface area contributed by atoms with Gasteiger partial charge in [-0.1, -0.05) is 0 Å². The number of hydrogen-bond acceptors (Lipinski definition) is 2. The largest absolute Gasteiger partial charge is 0.393 e. The van der Waals surface area contributed by atoms with Gasteiger partial charge < -0.3 is 10.8 Å². The smallest absolute Gasteiger partial charge is 0.0596 e. The number of hydrogen-bond donors (Lipinski definition) is 2. The molecule has 0 aromatic rings. The zero-order valence-corrected chi connectivity index (χ0v) is 6.87. The zero-order chi connectivity index (χ0) is 7.84. The van der Waals surface area contributed by atoms with Gasteiger partial charge >= 0.3 is 0 Å². The molecule has 2 rings (SSSR count). The SMILES string of the molecule is NCC1C[C@@H]2CC[C@@H](C1)C2O. The van der Waals surface area contributed by atoms with E-state index in [1.165, 1.54) is 25.7 Å². The first-order chi connectivity index (χ1) is 5.31. The third-order valence-corrected chi connectivity index (χ3v) is 3.48. The lowest BCUT2D eigenvalue weighted by Gasteiger charge is -2.31. The van der Waals surface area contributed by atoms with Gasteiger partial charge in [0, 0.05) is 0 Å². The number of aliphatic hydroxyl groups excluding tert-OH is 1. The molecular formula is C9H17NO. The van der Waals surface area contributed by atoms with Crippen LogP contribution in [0.4, 0.5) is 0 Å². The van der Waals surface area contributed by atoms with E-state index in [2.05, 4.69) is 0 Å². The summed E-state index contributed by atoms with van der Waals surface area (Å²) in [4.78, 5) is 0. The van der Waals surface area contributed by atoms with Crippen LogP contribution in [0.2, 0.25) is 0 Å². The lowest BCUT2D eigenvalue weighted by molar-refractivity contribution is 0.0400. The Morgan fingerprint density at radius 2 is 1.73 bits per heavy atom. The van der Waals surface area contributed by atoms with Crippen LogP contribution in [0, 0.1) is 17.8 Å². The molecule has 3 N–H and O–H groups in total. The highest BCUT2D eigenvalue weighted by Crippen LogP contribution is 2.44. The van der Waals surface area contributed by atoms with Crippen LogP contribution >= 0.6 is 0 Å². The van der Waals surface area contributed by atoms with Crippen LogP contribution in [0.1, 0.15) is 25.7 Å². The van der Waals surface area contributed by atoms with Gasteiger partial charge in [-0.15, -0.1) is 0 Å². The average Bonchev–Trinajstić information content (AvgIpc) is 2.26. The van der Waals surface area contributed by atoms with Crippen LogP contribution in [0.15, 0.2) is 0 Å². The standard InChI is InChI=1S/C9H17NO/c10-5-6-3-7-1-2-8(4-6)9(7)11/h6-9,11H,1-5,10H2/t6?,7-,8-,9?/m0/s1. The van der Waals surface area contributed by atoms with Gasteiger partial charge in [0.15, 0.2) is 0 Å². The molecule has 0 unspecified atom stereocenters. The van der Waals surface area contributed by atoms with Gasteiger partial charge in [0.2, 0.25) is 0 Å². The first kappa shape index (κ1) is 7.56. The van der Waals surface area contributed by atoms with E-state index in [0.29, 0.717) is 17.8 Å². The Balaban J connectivity index is 2.02. The Bertz CT molecular complexity index is 134. The fourth-order valence-electron chi connectivity index (χ4n) is 2.81. The predicted molar refractivity (Wildman–Crippen MR) is 44.0 cm³/mol. The summed E-state index contributed by atoms with van der Waals surface area (Å²) in [5.74, 6) is 1.88. The Morgan fingerprint density at radius 1 is 1.18 bits per heavy atom. The second-order valence-corrected chi connectivity index (χ2v) is 4.16. The summed E-state index contributed by atoms with van der Waals surface area (Å²) in [5.41, 5.74) is 5.62. The summed E-state index contributed by atoms with van der Waals surface area (Å²) in [6.45, 7) is 0.819. The number of fused-ring (bicyclic) bond motifs is 2. The van der Waals surface area contributed by atoms with Gasteiger partial charge in [0.1, 0.15) is 0 Å². The fourth-order valence-corrected chi connectivity index (χ4v) is 2.81. The van der Waals surface area contributed by atoms with E-state index in [1.54, 1.807) is 0 Å². The van der Waals surface area contributed by atoms with Crippen molar-refractivity contribution >= 4 is 0 Å². The lowest BCUT2D eigenvalue weighted by atomic mass is 9.79. The number of rotatable bonds is 1. The molecule has 2 heteroatoms. The molecule has 2 atom stereocenters. The molecule has 2 fully saturated rings. The Morgan fingerprint density at radius 3 is 2.18 bits per heavy atom. The second kappa shape index (κ2) is 2.76. The molecule has 0 aliphatic heterocycles. The Kier molecular flexibility index (Phi) is 1.90. The van der Waals surface area contributed by atoms with Crippen LogP contribution in [0.5, 0.6) is 0 Å². The van der Waals surface area contributed by atoms with Crippen molar-refractivity contribution in [2.45, 2.75) is 31.8 Å². The maximum absolute atomic E-state index is 9.68. The quantitative estimate of drug-likeness (QED) is 0.586. The molecular weight excluding hydrogens is 138 g/mol. The summed E-state index contributed by atoms with van der Waals surface area (Å²) in [6.07, 6.45) is 4.84. The van der Waals surface area contributed by atoms with Gasteiger partial charge in [-0.05, 0) is 50.0 Å². The summed E-state index contributed by atoms with van der Waals surface area (Å²) < 4.78 is 0. The average molecular weight is 155 g/mol. The van der Waals surface area contributed by atoms with Crippen molar-refractivity contribution in [3.8, 4) is 0 Å². The van der Waals surface area contributed by atoms with Crippen molar-refractivity contribution < 1.29 is 5.11 Å². The van der Waals surface area contributed by atoms with Crippen LogP contribution < -0.4 is 5.73 Å². The minimum absolute atomic E-state index is 0.0119. The van der Waals surface area contributed by atoms with Crippen molar-refractivity contribution in [3.05, 3.63) is 0 Å². The molecule has 2 nitrogen and oxygen atoms in total. The first-order valence-corrected chi connectivity index (χ1v) is 4.69. The van der Waals surface area contributed by atoms with Crippen molar-refractivity contribution in [2.75, 3.05) is 6.54 Å². The van der Waals surface area contributed by atoms with E-state index in [9.17, 15) is 5.11 Å². The van der Waals surface area contributed by atoms with Gasteiger partial charge in [-0.3, -0.25) is 0 Å². The lowest BCUT2D eigenvalue weighted by Crippen LogP contribution is -2.33. The minimum Gasteiger partial charge on any atom is -0.393 e. The van der Waals surface area contributed by atoms with Crippen molar-refractivity contribution in [3.63, 3.8) is 0 Å². The molecule has 2 aliphatic rings. The Hall–Kier alpha value is -0.0800. The molecule has 64 valence electrons. The second-order valence-electron chi connectivity index (χ2n) is 4.16. The molecule has 2 aliphatic carbocycles. The molecule has 0 saturated heterocycles. The van der Waals surface area contributed by atoms with Crippen molar-refractivity contribution in [2.24, 2.45) is 23.5 Å². The molecule has 11 heavy (non-hydrogen) atoms. The molecule has 0 spiro atoms. The highest BCUT2D eigenvalue weighted by molar-refractivity contribution is 4.92. The van der Waals surface area contributed by atoms with E-state index in [-0.39, 0.29) is 6.10 Å². The third-order valence-electron chi connectivity index (χ3n) is 3.48. The van der Waals surface area contributed by atoms with E-state index in [1.807, 2.05) is 0 Å². The van der Waals surface area contributed by atoms with Gasteiger partial charge in [-0.25, -0.2) is 0 Å². The van der Waals surface area contributed by atoms with Gasteiger partial charge in [0.05, 0.1) is 6.10 Å². The normalized spacial score (nSPS) is 49.6. The molecule has 0 aromatic heterocycles. The molecule has 2 saturated carbocycles. The van der Waals surface area contributed by atoms with Crippen LogP contribution in [-0.4, -0.2) is 17.8 Å². The van der Waals surface area contributed by atoms with Crippen LogP contribution in [0.3, 0.4) is 0 Å². The van der Waals surface area contributed by atoms with E-state index in [0.717, 1.165) is 6.54 Å². The monoisotopic (exact) mass is 155 g/mol. The third kappa shape index (κ3) is 1.18. The van der Waals surface area contributed by atoms with E-state index >= 15 is 0 Å². The summed E-state index contributed by atoms with van der Waals surface area (Å²) >= 11 is 0.